The fourth-order valence-corrected chi connectivity index (χ4v) is 3.00. The minimum Gasteiger partial charge on any atom is -0.497 e. The number of alkyl halides is 1. The standard InChI is InChI=1S/C15H19ClN2O2/c1-19-12-4-5-13-14(7-12)18(15(8-16)17-13)9-11-3-2-6-20-10-11/h4-5,7,11H,2-3,6,8-10H2,1H3. The lowest BCUT2D eigenvalue weighted by atomic mass is 10.0. The van der Waals surface area contributed by atoms with Crippen molar-refractivity contribution >= 4 is 22.6 Å². The van der Waals surface area contributed by atoms with Crippen LogP contribution >= 0.6 is 11.6 Å². The van der Waals surface area contributed by atoms with Crippen molar-refractivity contribution < 1.29 is 9.47 Å². The number of hydrogen-bond acceptors (Lipinski definition) is 3. The molecule has 1 unspecified atom stereocenters. The molecule has 3 rings (SSSR count). The molecule has 1 atom stereocenters. The van der Waals surface area contributed by atoms with Crippen LogP contribution < -0.4 is 4.74 Å². The smallest absolute Gasteiger partial charge is 0.124 e. The van der Waals surface area contributed by atoms with E-state index in [1.54, 1.807) is 7.11 Å². The first-order chi connectivity index (χ1) is 9.81. The molecule has 0 N–H and O–H groups in total. The molecule has 2 heterocycles. The number of halogens is 1. The minimum absolute atomic E-state index is 0.421. The molecule has 0 saturated carbocycles. The van der Waals surface area contributed by atoms with Gasteiger partial charge in [-0.1, -0.05) is 0 Å². The molecule has 0 aliphatic carbocycles. The maximum absolute atomic E-state index is 6.05. The van der Waals surface area contributed by atoms with Gasteiger partial charge in [0, 0.05) is 25.1 Å². The van der Waals surface area contributed by atoms with Gasteiger partial charge in [-0.3, -0.25) is 0 Å². The first kappa shape index (κ1) is 13.7. The van der Waals surface area contributed by atoms with E-state index in [0.29, 0.717) is 11.8 Å². The van der Waals surface area contributed by atoms with Gasteiger partial charge in [0.1, 0.15) is 11.6 Å². The molecule has 20 heavy (non-hydrogen) atoms. The fraction of sp³-hybridized carbons (Fsp3) is 0.533. The Morgan fingerprint density at radius 3 is 3.10 bits per heavy atom. The zero-order chi connectivity index (χ0) is 13.9. The summed E-state index contributed by atoms with van der Waals surface area (Å²) in [6, 6.07) is 5.95. The number of hydrogen-bond donors (Lipinski definition) is 0. The molecule has 0 radical (unpaired) electrons. The topological polar surface area (TPSA) is 36.3 Å². The Balaban J connectivity index is 1.97. The summed E-state index contributed by atoms with van der Waals surface area (Å²) in [6.45, 7) is 2.62. The molecule has 1 saturated heterocycles. The van der Waals surface area contributed by atoms with E-state index in [9.17, 15) is 0 Å². The van der Waals surface area contributed by atoms with Gasteiger partial charge in [0.05, 0.1) is 30.6 Å². The van der Waals surface area contributed by atoms with Crippen LogP contribution in [0.25, 0.3) is 11.0 Å². The average Bonchev–Trinajstić information content (AvgIpc) is 2.85. The second-order valence-corrected chi connectivity index (χ2v) is 5.48. The number of nitrogens with zero attached hydrogens (tertiary/aromatic N) is 2. The van der Waals surface area contributed by atoms with E-state index in [1.807, 2.05) is 18.2 Å². The van der Waals surface area contributed by atoms with Gasteiger partial charge in [-0.15, -0.1) is 11.6 Å². The third-order valence-corrected chi connectivity index (χ3v) is 4.09. The van der Waals surface area contributed by atoms with Crippen molar-refractivity contribution in [1.82, 2.24) is 9.55 Å². The monoisotopic (exact) mass is 294 g/mol. The Hall–Kier alpha value is -1.26. The Morgan fingerprint density at radius 1 is 1.50 bits per heavy atom. The van der Waals surface area contributed by atoms with Gasteiger partial charge in [-0.2, -0.15) is 0 Å². The van der Waals surface area contributed by atoms with Crippen LogP contribution in [-0.4, -0.2) is 29.9 Å². The third kappa shape index (κ3) is 2.63. The second kappa shape index (κ2) is 6.02. The number of methoxy groups -OCH3 is 1. The van der Waals surface area contributed by atoms with E-state index >= 15 is 0 Å². The molecule has 0 amide bonds. The molecule has 4 nitrogen and oxygen atoms in total. The average molecular weight is 295 g/mol. The Kier molecular flexibility index (Phi) is 4.13. The van der Waals surface area contributed by atoms with Gasteiger partial charge < -0.3 is 14.0 Å². The number of benzene rings is 1. The minimum atomic E-state index is 0.421. The van der Waals surface area contributed by atoms with E-state index in [2.05, 4.69) is 9.55 Å². The molecule has 1 aromatic heterocycles. The Labute approximate surface area is 123 Å². The van der Waals surface area contributed by atoms with Gasteiger partial charge >= 0.3 is 0 Å². The lowest BCUT2D eigenvalue weighted by molar-refractivity contribution is 0.0485. The van der Waals surface area contributed by atoms with Gasteiger partial charge in [-0.05, 0) is 25.0 Å². The van der Waals surface area contributed by atoms with Crippen LogP contribution in [-0.2, 0) is 17.2 Å². The summed E-state index contributed by atoms with van der Waals surface area (Å²) in [4.78, 5) is 4.61. The highest BCUT2D eigenvalue weighted by atomic mass is 35.5. The van der Waals surface area contributed by atoms with Gasteiger partial charge in [-0.25, -0.2) is 4.98 Å². The molecular weight excluding hydrogens is 276 g/mol. The van der Waals surface area contributed by atoms with E-state index in [1.165, 1.54) is 6.42 Å². The number of ether oxygens (including phenoxy) is 2. The summed E-state index contributed by atoms with van der Waals surface area (Å²) in [5, 5.41) is 0. The first-order valence-corrected chi connectivity index (χ1v) is 7.52. The maximum atomic E-state index is 6.05. The Morgan fingerprint density at radius 2 is 2.40 bits per heavy atom. The van der Waals surface area contributed by atoms with Crippen LogP contribution in [0, 0.1) is 5.92 Å². The SMILES string of the molecule is COc1ccc2nc(CCl)n(CC3CCCOC3)c2c1. The fourth-order valence-electron chi connectivity index (χ4n) is 2.79. The molecule has 1 aromatic carbocycles. The molecule has 108 valence electrons. The van der Waals surface area contributed by atoms with Crippen molar-refractivity contribution in [3.8, 4) is 5.75 Å². The summed E-state index contributed by atoms with van der Waals surface area (Å²) >= 11 is 6.05. The van der Waals surface area contributed by atoms with Crippen molar-refractivity contribution in [2.45, 2.75) is 25.3 Å². The zero-order valence-corrected chi connectivity index (χ0v) is 12.4. The zero-order valence-electron chi connectivity index (χ0n) is 11.6. The highest BCUT2D eigenvalue weighted by Crippen LogP contribution is 2.25. The predicted octanol–water partition coefficient (Wildman–Crippen LogP) is 3.21. The molecule has 5 heteroatoms. The van der Waals surface area contributed by atoms with Crippen molar-refractivity contribution in [3.63, 3.8) is 0 Å². The van der Waals surface area contributed by atoms with Crippen molar-refractivity contribution in [2.75, 3.05) is 20.3 Å². The summed E-state index contributed by atoms with van der Waals surface area (Å²) in [7, 11) is 1.68. The van der Waals surface area contributed by atoms with Crippen LogP contribution in [0.4, 0.5) is 0 Å². The predicted molar refractivity (Wildman–Crippen MR) is 79.4 cm³/mol. The van der Waals surface area contributed by atoms with Crippen LogP contribution in [0.3, 0.4) is 0 Å². The van der Waals surface area contributed by atoms with E-state index in [4.69, 9.17) is 21.1 Å². The van der Waals surface area contributed by atoms with Gasteiger partial charge in [0.25, 0.3) is 0 Å². The highest BCUT2D eigenvalue weighted by molar-refractivity contribution is 6.16. The quantitative estimate of drug-likeness (QED) is 0.813. The molecule has 1 aliphatic heterocycles. The van der Waals surface area contributed by atoms with Crippen LogP contribution in [0.15, 0.2) is 18.2 Å². The second-order valence-electron chi connectivity index (χ2n) is 5.21. The number of rotatable bonds is 4. The van der Waals surface area contributed by atoms with E-state index in [-0.39, 0.29) is 0 Å². The van der Waals surface area contributed by atoms with E-state index in [0.717, 1.165) is 48.8 Å². The summed E-state index contributed by atoms with van der Waals surface area (Å²) in [5.41, 5.74) is 2.06. The molecule has 1 fully saturated rings. The molecule has 0 bridgehead atoms. The highest BCUT2D eigenvalue weighted by Gasteiger charge is 2.18. The molecule has 0 spiro atoms. The summed E-state index contributed by atoms with van der Waals surface area (Å²) < 4.78 is 13.1. The largest absolute Gasteiger partial charge is 0.497 e. The van der Waals surface area contributed by atoms with Crippen molar-refractivity contribution in [3.05, 3.63) is 24.0 Å². The lowest BCUT2D eigenvalue weighted by Crippen LogP contribution is -2.22. The molecule has 1 aliphatic rings. The molecular formula is C15H19ClN2O2. The lowest BCUT2D eigenvalue weighted by Gasteiger charge is -2.23. The van der Waals surface area contributed by atoms with Gasteiger partial charge in [0.15, 0.2) is 0 Å². The van der Waals surface area contributed by atoms with Crippen molar-refractivity contribution in [1.29, 1.82) is 0 Å². The number of imidazole rings is 1. The molecule has 2 aromatic rings. The normalized spacial score (nSPS) is 19.4. The maximum Gasteiger partial charge on any atom is 0.124 e. The van der Waals surface area contributed by atoms with Gasteiger partial charge in [0.2, 0.25) is 0 Å². The summed E-state index contributed by atoms with van der Waals surface area (Å²) in [6.07, 6.45) is 2.34. The number of aromatic nitrogens is 2. The first-order valence-electron chi connectivity index (χ1n) is 6.98. The van der Waals surface area contributed by atoms with E-state index < -0.39 is 0 Å². The van der Waals surface area contributed by atoms with Crippen molar-refractivity contribution in [2.24, 2.45) is 5.92 Å². The van der Waals surface area contributed by atoms with Crippen LogP contribution in [0.1, 0.15) is 18.7 Å². The van der Waals surface area contributed by atoms with Crippen LogP contribution in [0.5, 0.6) is 5.75 Å². The summed E-state index contributed by atoms with van der Waals surface area (Å²) in [5.74, 6) is 2.72. The Bertz CT molecular complexity index is 591. The van der Waals surface area contributed by atoms with Crippen LogP contribution in [0.2, 0.25) is 0 Å². The third-order valence-electron chi connectivity index (χ3n) is 3.85. The number of fused-ring (bicyclic) bond motifs is 1.